The molecular formula is C8H13NO2. The number of hydrogen-bond acceptors (Lipinski definition) is 3. The minimum atomic E-state index is -0.295. The first-order valence-corrected chi connectivity index (χ1v) is 3.71. The number of cyclic esters (lactones) is 1. The van der Waals surface area contributed by atoms with E-state index in [1.165, 1.54) is 0 Å². The van der Waals surface area contributed by atoms with Crippen molar-refractivity contribution in [1.82, 2.24) is 0 Å². The Kier molecular flexibility index (Phi) is 1.74. The van der Waals surface area contributed by atoms with Gasteiger partial charge in [-0.25, -0.2) is 4.79 Å². The molecule has 1 heterocycles. The Hall–Kier alpha value is -0.860. The molecule has 0 aromatic heterocycles. The van der Waals surface area contributed by atoms with Crippen LogP contribution in [0.5, 0.6) is 0 Å². The van der Waals surface area contributed by atoms with E-state index in [4.69, 9.17) is 4.74 Å². The summed E-state index contributed by atoms with van der Waals surface area (Å²) in [5, 5.41) is 0. The molecule has 0 spiro atoms. The molecule has 11 heavy (non-hydrogen) atoms. The minimum Gasteiger partial charge on any atom is -0.456 e. The highest BCUT2D eigenvalue weighted by Gasteiger charge is 2.33. The number of carbonyl (C=O) groups is 1. The molecule has 1 aliphatic rings. The van der Waals surface area contributed by atoms with Crippen molar-refractivity contribution in [1.29, 1.82) is 0 Å². The van der Waals surface area contributed by atoms with Crippen molar-refractivity contribution in [2.24, 2.45) is 4.99 Å². The van der Waals surface area contributed by atoms with Crippen LogP contribution >= 0.6 is 0 Å². The zero-order chi connectivity index (χ0) is 8.65. The topological polar surface area (TPSA) is 38.7 Å². The van der Waals surface area contributed by atoms with Gasteiger partial charge < -0.3 is 4.74 Å². The van der Waals surface area contributed by atoms with Crippen LogP contribution in [0.2, 0.25) is 0 Å². The Morgan fingerprint density at radius 3 is 2.55 bits per heavy atom. The predicted molar refractivity (Wildman–Crippen MR) is 42.7 cm³/mol. The van der Waals surface area contributed by atoms with Crippen LogP contribution in [0.1, 0.15) is 27.7 Å². The molecule has 1 atom stereocenters. The van der Waals surface area contributed by atoms with Gasteiger partial charge in [-0.1, -0.05) is 0 Å². The van der Waals surface area contributed by atoms with Gasteiger partial charge in [0.05, 0.1) is 5.54 Å². The van der Waals surface area contributed by atoms with E-state index in [0.717, 1.165) is 0 Å². The van der Waals surface area contributed by atoms with Crippen LogP contribution in [-0.4, -0.2) is 23.3 Å². The maximum Gasteiger partial charge on any atom is 0.352 e. The summed E-state index contributed by atoms with van der Waals surface area (Å²) in [6, 6.07) is 0. The second kappa shape index (κ2) is 2.32. The first-order chi connectivity index (χ1) is 4.93. The van der Waals surface area contributed by atoms with Crippen molar-refractivity contribution in [3.8, 4) is 0 Å². The van der Waals surface area contributed by atoms with Crippen molar-refractivity contribution in [2.75, 3.05) is 0 Å². The molecule has 1 unspecified atom stereocenters. The van der Waals surface area contributed by atoms with Crippen LogP contribution in [0, 0.1) is 0 Å². The number of aliphatic imine (C=N–C) groups is 1. The first kappa shape index (κ1) is 8.24. The molecule has 1 rings (SSSR count). The van der Waals surface area contributed by atoms with E-state index >= 15 is 0 Å². The van der Waals surface area contributed by atoms with Gasteiger partial charge in [-0.3, -0.25) is 4.99 Å². The van der Waals surface area contributed by atoms with Crippen LogP contribution in [0.4, 0.5) is 0 Å². The lowest BCUT2D eigenvalue weighted by atomic mass is 9.98. The molecule has 0 N–H and O–H groups in total. The number of ether oxygens (including phenoxy) is 1. The minimum absolute atomic E-state index is 0.126. The highest BCUT2D eigenvalue weighted by molar-refractivity contribution is 6.36. The fraction of sp³-hybridized carbons (Fsp3) is 0.750. The third-order valence-electron chi connectivity index (χ3n) is 2.03. The maximum atomic E-state index is 10.9. The van der Waals surface area contributed by atoms with Crippen LogP contribution < -0.4 is 0 Å². The third kappa shape index (κ3) is 1.42. The van der Waals surface area contributed by atoms with Crippen molar-refractivity contribution in [3.63, 3.8) is 0 Å². The van der Waals surface area contributed by atoms with Crippen LogP contribution in [-0.2, 0) is 9.53 Å². The van der Waals surface area contributed by atoms with Crippen LogP contribution in [0.3, 0.4) is 0 Å². The summed E-state index contributed by atoms with van der Waals surface area (Å²) in [5.74, 6) is -0.295. The van der Waals surface area contributed by atoms with Crippen LogP contribution in [0.25, 0.3) is 0 Å². The Balaban J connectivity index is 2.96. The molecule has 0 amide bonds. The zero-order valence-electron chi connectivity index (χ0n) is 7.34. The van der Waals surface area contributed by atoms with Gasteiger partial charge in [-0.05, 0) is 27.7 Å². The molecule has 0 bridgehead atoms. The molecule has 0 aromatic carbocycles. The average Bonchev–Trinajstić information content (AvgIpc) is 1.83. The van der Waals surface area contributed by atoms with E-state index in [1.807, 2.05) is 20.8 Å². The molecule has 0 saturated carbocycles. The monoisotopic (exact) mass is 155 g/mol. The summed E-state index contributed by atoms with van der Waals surface area (Å²) in [5.41, 5.74) is 0.200. The lowest BCUT2D eigenvalue weighted by Gasteiger charge is -2.31. The Labute approximate surface area is 66.5 Å². The smallest absolute Gasteiger partial charge is 0.352 e. The first-order valence-electron chi connectivity index (χ1n) is 3.71. The standard InChI is InChI=1S/C8H13NO2/c1-5-7(10)11-6(2)8(3,4)9-5/h6H,1-4H3. The number of nitrogens with zero attached hydrogens (tertiary/aromatic N) is 1. The highest BCUT2D eigenvalue weighted by atomic mass is 16.5. The molecule has 0 radical (unpaired) electrons. The average molecular weight is 155 g/mol. The maximum absolute atomic E-state index is 10.9. The molecule has 62 valence electrons. The lowest BCUT2D eigenvalue weighted by molar-refractivity contribution is -0.144. The molecule has 3 heteroatoms. The summed E-state index contributed by atoms with van der Waals surface area (Å²) < 4.78 is 5.04. The molecular weight excluding hydrogens is 142 g/mol. The third-order valence-corrected chi connectivity index (χ3v) is 2.03. The summed E-state index contributed by atoms with van der Waals surface area (Å²) in [7, 11) is 0. The van der Waals surface area contributed by atoms with Gasteiger partial charge in [-0.2, -0.15) is 0 Å². The van der Waals surface area contributed by atoms with Gasteiger partial charge in [0, 0.05) is 0 Å². The quantitative estimate of drug-likeness (QED) is 0.492. The van der Waals surface area contributed by atoms with E-state index in [-0.39, 0.29) is 17.6 Å². The van der Waals surface area contributed by atoms with Crippen LogP contribution in [0.15, 0.2) is 4.99 Å². The second-order valence-electron chi connectivity index (χ2n) is 3.40. The summed E-state index contributed by atoms with van der Waals surface area (Å²) in [6.45, 7) is 7.44. The molecule has 0 aliphatic carbocycles. The fourth-order valence-corrected chi connectivity index (χ4v) is 0.959. The summed E-state index contributed by atoms with van der Waals surface area (Å²) >= 11 is 0. The number of hydrogen-bond donors (Lipinski definition) is 0. The summed E-state index contributed by atoms with van der Waals surface area (Å²) in [4.78, 5) is 15.2. The summed E-state index contributed by atoms with van der Waals surface area (Å²) in [6.07, 6.45) is -0.126. The van der Waals surface area contributed by atoms with Gasteiger partial charge in [0.15, 0.2) is 0 Å². The second-order valence-corrected chi connectivity index (χ2v) is 3.40. The molecule has 0 aromatic rings. The van der Waals surface area contributed by atoms with Crippen molar-refractivity contribution in [3.05, 3.63) is 0 Å². The largest absolute Gasteiger partial charge is 0.456 e. The molecule has 1 aliphatic heterocycles. The van der Waals surface area contributed by atoms with Gasteiger partial charge in [0.25, 0.3) is 0 Å². The Morgan fingerprint density at radius 2 is 2.09 bits per heavy atom. The number of esters is 1. The van der Waals surface area contributed by atoms with Crippen molar-refractivity contribution < 1.29 is 9.53 Å². The molecule has 0 saturated heterocycles. The SMILES string of the molecule is CC1=NC(C)(C)C(C)OC1=O. The van der Waals surface area contributed by atoms with Crippen molar-refractivity contribution >= 4 is 11.7 Å². The van der Waals surface area contributed by atoms with Gasteiger partial charge >= 0.3 is 5.97 Å². The highest BCUT2D eigenvalue weighted by Crippen LogP contribution is 2.22. The predicted octanol–water partition coefficient (Wildman–Crippen LogP) is 1.17. The molecule has 3 nitrogen and oxygen atoms in total. The Morgan fingerprint density at radius 1 is 1.55 bits per heavy atom. The Bertz CT molecular complexity index is 218. The van der Waals surface area contributed by atoms with Gasteiger partial charge in [0.1, 0.15) is 11.8 Å². The van der Waals surface area contributed by atoms with E-state index < -0.39 is 0 Å². The number of rotatable bonds is 0. The number of carbonyl (C=O) groups excluding carboxylic acids is 1. The van der Waals surface area contributed by atoms with E-state index in [9.17, 15) is 4.79 Å². The van der Waals surface area contributed by atoms with Crippen molar-refractivity contribution in [2.45, 2.75) is 39.3 Å². The van der Waals surface area contributed by atoms with E-state index in [2.05, 4.69) is 4.99 Å². The lowest BCUT2D eigenvalue weighted by Crippen LogP contribution is -2.43. The van der Waals surface area contributed by atoms with E-state index in [0.29, 0.717) is 5.71 Å². The normalized spacial score (nSPS) is 29.3. The van der Waals surface area contributed by atoms with Gasteiger partial charge in [-0.15, -0.1) is 0 Å². The molecule has 0 fully saturated rings. The van der Waals surface area contributed by atoms with Gasteiger partial charge in [0.2, 0.25) is 0 Å². The fourth-order valence-electron chi connectivity index (χ4n) is 0.959. The zero-order valence-corrected chi connectivity index (χ0v) is 7.34. The van der Waals surface area contributed by atoms with E-state index in [1.54, 1.807) is 6.92 Å².